The van der Waals surface area contributed by atoms with Crippen LogP contribution in [0.15, 0.2) is 32.7 Å². The maximum absolute atomic E-state index is 11.5. The van der Waals surface area contributed by atoms with Crippen LogP contribution < -0.4 is 9.47 Å². The molecule has 0 amide bonds. The average Bonchev–Trinajstić information content (AvgIpc) is 2.94. The van der Waals surface area contributed by atoms with Gasteiger partial charge in [-0.2, -0.15) is 0 Å². The number of thioether (sulfide) groups is 1. The van der Waals surface area contributed by atoms with Crippen LogP contribution >= 0.6 is 11.8 Å². The molecule has 0 aliphatic heterocycles. The molecule has 128 valence electrons. The Kier molecular flexibility index (Phi) is 6.25. The smallest absolute Gasteiger partial charge is 0.342 e. The third-order valence-corrected chi connectivity index (χ3v) is 3.63. The zero-order valence-corrected chi connectivity index (χ0v) is 14.4. The summed E-state index contributed by atoms with van der Waals surface area (Å²) in [7, 11) is 0. The molecular formula is C16H18N2O5S. The maximum Gasteiger partial charge on any atom is 0.342 e. The number of rotatable bonds is 8. The van der Waals surface area contributed by atoms with Crippen molar-refractivity contribution in [3.05, 3.63) is 34.6 Å². The van der Waals surface area contributed by atoms with E-state index in [1.165, 1.54) is 6.08 Å². The van der Waals surface area contributed by atoms with Crippen LogP contribution in [0, 0.1) is 6.92 Å². The van der Waals surface area contributed by atoms with Gasteiger partial charge in [0.05, 0.1) is 13.2 Å². The second-order valence-corrected chi connectivity index (χ2v) is 5.57. The third-order valence-electron chi connectivity index (χ3n) is 2.78. The standard InChI is InChI=1S/C16H18N2O5S/c1-4-21-12-7-6-11(8-13(12)22-5-2)9-14(15(19)20)24-16-18-17-10(3)23-16/h6-9H,4-5H2,1-3H3,(H,19,20)/b14-9-. The number of hydrogen-bond acceptors (Lipinski definition) is 7. The highest BCUT2D eigenvalue weighted by molar-refractivity contribution is 8.03. The van der Waals surface area contributed by atoms with Crippen LogP contribution in [-0.4, -0.2) is 34.5 Å². The van der Waals surface area contributed by atoms with Gasteiger partial charge >= 0.3 is 5.97 Å². The Morgan fingerprint density at radius 2 is 1.96 bits per heavy atom. The van der Waals surface area contributed by atoms with Crippen LogP contribution in [-0.2, 0) is 4.79 Å². The molecule has 1 N–H and O–H groups in total. The molecule has 1 aromatic heterocycles. The summed E-state index contributed by atoms with van der Waals surface area (Å²) in [5.74, 6) is 0.481. The lowest BCUT2D eigenvalue weighted by atomic mass is 10.2. The van der Waals surface area contributed by atoms with Gasteiger partial charge in [0.15, 0.2) is 11.5 Å². The van der Waals surface area contributed by atoms with E-state index in [0.717, 1.165) is 11.8 Å². The van der Waals surface area contributed by atoms with Crippen molar-refractivity contribution in [2.45, 2.75) is 26.0 Å². The molecule has 0 aliphatic rings. The fourth-order valence-electron chi connectivity index (χ4n) is 1.86. The minimum Gasteiger partial charge on any atom is -0.490 e. The predicted molar refractivity (Wildman–Crippen MR) is 89.3 cm³/mol. The molecule has 0 saturated carbocycles. The summed E-state index contributed by atoms with van der Waals surface area (Å²) >= 11 is 0.895. The zero-order valence-electron chi connectivity index (χ0n) is 13.6. The number of ether oxygens (including phenoxy) is 2. The van der Waals surface area contributed by atoms with E-state index in [1.807, 2.05) is 13.8 Å². The quantitative estimate of drug-likeness (QED) is 0.572. The molecule has 0 fully saturated rings. The Morgan fingerprint density at radius 1 is 1.25 bits per heavy atom. The summed E-state index contributed by atoms with van der Waals surface area (Å²) in [5.41, 5.74) is 0.669. The number of aliphatic carboxylic acids is 1. The molecule has 0 atom stereocenters. The van der Waals surface area contributed by atoms with Crippen LogP contribution in [0.25, 0.3) is 6.08 Å². The Hall–Kier alpha value is -2.48. The number of carbonyl (C=O) groups is 1. The highest BCUT2D eigenvalue weighted by atomic mass is 32.2. The SMILES string of the molecule is CCOc1ccc(/C=C(\Sc2nnc(C)o2)C(=O)O)cc1OCC. The van der Waals surface area contributed by atoms with Crippen molar-refractivity contribution in [1.82, 2.24) is 10.2 Å². The van der Waals surface area contributed by atoms with Crippen molar-refractivity contribution in [2.75, 3.05) is 13.2 Å². The van der Waals surface area contributed by atoms with E-state index in [9.17, 15) is 9.90 Å². The lowest BCUT2D eigenvalue weighted by Crippen LogP contribution is -1.99. The Balaban J connectivity index is 2.30. The minimum atomic E-state index is -1.08. The van der Waals surface area contributed by atoms with Gasteiger partial charge in [0.2, 0.25) is 5.89 Å². The van der Waals surface area contributed by atoms with Crippen LogP contribution in [0.4, 0.5) is 0 Å². The molecule has 1 heterocycles. The van der Waals surface area contributed by atoms with Gasteiger partial charge in [-0.25, -0.2) is 4.79 Å². The van der Waals surface area contributed by atoms with Crippen molar-refractivity contribution in [3.63, 3.8) is 0 Å². The second kappa shape index (κ2) is 8.39. The monoisotopic (exact) mass is 350 g/mol. The van der Waals surface area contributed by atoms with E-state index in [4.69, 9.17) is 13.9 Å². The topological polar surface area (TPSA) is 94.7 Å². The summed E-state index contributed by atoms with van der Waals surface area (Å²) in [4.78, 5) is 11.5. The van der Waals surface area contributed by atoms with Gasteiger partial charge < -0.3 is 19.0 Å². The van der Waals surface area contributed by atoms with Crippen LogP contribution in [0.3, 0.4) is 0 Å². The second-order valence-electron chi connectivity index (χ2n) is 4.57. The molecule has 0 saturated heterocycles. The molecule has 1 aromatic carbocycles. The van der Waals surface area contributed by atoms with Gasteiger partial charge in [-0.15, -0.1) is 10.2 Å². The average molecular weight is 350 g/mol. The van der Waals surface area contributed by atoms with E-state index in [-0.39, 0.29) is 10.1 Å². The highest BCUT2D eigenvalue weighted by Crippen LogP contribution is 2.32. The van der Waals surface area contributed by atoms with Crippen LogP contribution in [0.2, 0.25) is 0 Å². The number of benzene rings is 1. The summed E-state index contributed by atoms with van der Waals surface area (Å²) in [6.07, 6.45) is 1.52. The summed E-state index contributed by atoms with van der Waals surface area (Å²) in [5, 5.41) is 17.0. The molecule has 24 heavy (non-hydrogen) atoms. The van der Waals surface area contributed by atoms with Crippen molar-refractivity contribution >= 4 is 23.8 Å². The molecule has 8 heteroatoms. The Labute approximate surface area is 143 Å². The molecule has 0 unspecified atom stereocenters. The van der Waals surface area contributed by atoms with Gasteiger partial charge in [-0.3, -0.25) is 0 Å². The normalized spacial score (nSPS) is 11.4. The van der Waals surface area contributed by atoms with E-state index in [0.29, 0.717) is 36.2 Å². The first-order valence-electron chi connectivity index (χ1n) is 7.36. The molecular weight excluding hydrogens is 332 g/mol. The molecule has 2 aromatic rings. The molecule has 0 spiro atoms. The van der Waals surface area contributed by atoms with E-state index in [2.05, 4.69) is 10.2 Å². The number of carboxylic acid groups (broad SMARTS) is 1. The summed E-state index contributed by atoms with van der Waals surface area (Å²) in [6, 6.07) is 5.24. The first-order chi connectivity index (χ1) is 11.5. The zero-order chi connectivity index (χ0) is 17.5. The summed E-state index contributed by atoms with van der Waals surface area (Å²) < 4.78 is 16.2. The largest absolute Gasteiger partial charge is 0.490 e. The molecule has 2 rings (SSSR count). The summed E-state index contributed by atoms with van der Waals surface area (Å²) in [6.45, 7) is 6.39. The van der Waals surface area contributed by atoms with E-state index >= 15 is 0 Å². The number of aryl methyl sites for hydroxylation is 1. The number of nitrogens with zero attached hydrogens (tertiary/aromatic N) is 2. The molecule has 0 bridgehead atoms. The lowest BCUT2D eigenvalue weighted by Gasteiger charge is -2.11. The van der Waals surface area contributed by atoms with Crippen molar-refractivity contribution in [3.8, 4) is 11.5 Å². The van der Waals surface area contributed by atoms with Gasteiger partial charge in [0, 0.05) is 6.92 Å². The number of carboxylic acids is 1. The van der Waals surface area contributed by atoms with Crippen LogP contribution in [0.1, 0.15) is 25.3 Å². The fraction of sp³-hybridized carbons (Fsp3) is 0.312. The number of aromatic nitrogens is 2. The molecule has 0 radical (unpaired) electrons. The molecule has 0 aliphatic carbocycles. The maximum atomic E-state index is 11.5. The first-order valence-corrected chi connectivity index (χ1v) is 8.17. The Bertz CT molecular complexity index is 742. The van der Waals surface area contributed by atoms with Crippen molar-refractivity contribution < 1.29 is 23.8 Å². The van der Waals surface area contributed by atoms with Crippen LogP contribution in [0.5, 0.6) is 11.5 Å². The third kappa shape index (κ3) is 4.76. The highest BCUT2D eigenvalue weighted by Gasteiger charge is 2.15. The predicted octanol–water partition coefficient (Wildman–Crippen LogP) is 3.39. The van der Waals surface area contributed by atoms with E-state index in [1.54, 1.807) is 25.1 Å². The lowest BCUT2D eigenvalue weighted by molar-refractivity contribution is -0.131. The van der Waals surface area contributed by atoms with Gasteiger partial charge in [-0.1, -0.05) is 6.07 Å². The minimum absolute atomic E-state index is 0.0604. The fourth-order valence-corrected chi connectivity index (χ4v) is 2.57. The molecule has 7 nitrogen and oxygen atoms in total. The number of hydrogen-bond donors (Lipinski definition) is 1. The Morgan fingerprint density at radius 3 is 2.54 bits per heavy atom. The van der Waals surface area contributed by atoms with Gasteiger partial charge in [0.25, 0.3) is 5.22 Å². The van der Waals surface area contributed by atoms with Gasteiger partial charge in [0.1, 0.15) is 4.91 Å². The van der Waals surface area contributed by atoms with Crippen molar-refractivity contribution in [2.24, 2.45) is 0 Å². The first kappa shape index (κ1) is 17.9. The van der Waals surface area contributed by atoms with E-state index < -0.39 is 5.97 Å². The van der Waals surface area contributed by atoms with Crippen molar-refractivity contribution in [1.29, 1.82) is 0 Å². The van der Waals surface area contributed by atoms with Gasteiger partial charge in [-0.05, 0) is 49.4 Å².